The van der Waals surface area contributed by atoms with Crippen molar-refractivity contribution >= 4 is 5.82 Å². The molecule has 0 bridgehead atoms. The Bertz CT molecular complexity index is 866. The molecule has 1 saturated heterocycles. The van der Waals surface area contributed by atoms with E-state index < -0.39 is 0 Å². The second kappa shape index (κ2) is 7.25. The molecule has 134 valence electrons. The molecule has 0 aliphatic carbocycles. The summed E-state index contributed by atoms with van der Waals surface area (Å²) in [4.78, 5) is 14.0. The highest BCUT2D eigenvalue weighted by molar-refractivity contribution is 5.44. The monoisotopic (exact) mass is 348 g/mol. The summed E-state index contributed by atoms with van der Waals surface area (Å²) in [5.74, 6) is 2.58. The highest BCUT2D eigenvalue weighted by Crippen LogP contribution is 2.18. The van der Waals surface area contributed by atoms with Gasteiger partial charge in [-0.2, -0.15) is 5.10 Å². The van der Waals surface area contributed by atoms with Gasteiger partial charge in [-0.25, -0.2) is 14.6 Å². The van der Waals surface area contributed by atoms with Crippen LogP contribution in [-0.4, -0.2) is 50.8 Å². The van der Waals surface area contributed by atoms with Crippen molar-refractivity contribution in [3.63, 3.8) is 0 Å². The SMILES string of the molecule is Cc1nc(N2CCN(Cc3ccccc3C)CC2)cc(-n2cccn2)n1. The van der Waals surface area contributed by atoms with Gasteiger partial charge in [-0.1, -0.05) is 24.3 Å². The molecule has 0 radical (unpaired) electrons. The molecule has 1 aromatic carbocycles. The van der Waals surface area contributed by atoms with Crippen molar-refractivity contribution in [2.75, 3.05) is 31.1 Å². The second-order valence-corrected chi connectivity index (χ2v) is 6.77. The summed E-state index contributed by atoms with van der Waals surface area (Å²) in [5, 5.41) is 4.28. The number of rotatable bonds is 4. The van der Waals surface area contributed by atoms with Gasteiger partial charge in [-0.3, -0.25) is 4.90 Å². The minimum absolute atomic E-state index is 0.773. The number of hydrogen-bond acceptors (Lipinski definition) is 5. The van der Waals surface area contributed by atoms with E-state index in [1.165, 1.54) is 11.1 Å². The van der Waals surface area contributed by atoms with Crippen molar-refractivity contribution in [3.8, 4) is 5.82 Å². The molecule has 3 heterocycles. The second-order valence-electron chi connectivity index (χ2n) is 6.77. The molecule has 6 heteroatoms. The molecular formula is C20H24N6. The van der Waals surface area contributed by atoms with E-state index in [2.05, 4.69) is 56.1 Å². The van der Waals surface area contributed by atoms with Crippen LogP contribution in [0.2, 0.25) is 0 Å². The molecule has 0 unspecified atom stereocenters. The van der Waals surface area contributed by atoms with E-state index in [0.717, 1.165) is 50.2 Å². The van der Waals surface area contributed by atoms with E-state index in [1.807, 2.05) is 25.3 Å². The summed E-state index contributed by atoms with van der Waals surface area (Å²) in [6, 6.07) is 12.6. The van der Waals surface area contributed by atoms with E-state index in [1.54, 1.807) is 10.9 Å². The van der Waals surface area contributed by atoms with Crippen molar-refractivity contribution in [2.45, 2.75) is 20.4 Å². The first kappa shape index (κ1) is 16.7. The van der Waals surface area contributed by atoms with Crippen molar-refractivity contribution in [1.29, 1.82) is 0 Å². The van der Waals surface area contributed by atoms with Crippen LogP contribution in [0.5, 0.6) is 0 Å². The van der Waals surface area contributed by atoms with Crippen LogP contribution in [-0.2, 0) is 6.54 Å². The zero-order valence-electron chi connectivity index (χ0n) is 15.3. The Kier molecular flexibility index (Phi) is 4.67. The normalized spacial score (nSPS) is 15.4. The number of hydrogen-bond donors (Lipinski definition) is 0. The smallest absolute Gasteiger partial charge is 0.159 e. The predicted octanol–water partition coefficient (Wildman–Crippen LogP) is 2.60. The van der Waals surface area contributed by atoms with Crippen molar-refractivity contribution < 1.29 is 0 Å². The minimum atomic E-state index is 0.773. The third-order valence-corrected chi connectivity index (χ3v) is 4.90. The van der Waals surface area contributed by atoms with Crippen LogP contribution < -0.4 is 4.90 Å². The van der Waals surface area contributed by atoms with Crippen LogP contribution in [0.15, 0.2) is 48.8 Å². The fourth-order valence-corrected chi connectivity index (χ4v) is 3.38. The van der Waals surface area contributed by atoms with E-state index >= 15 is 0 Å². The van der Waals surface area contributed by atoms with Gasteiger partial charge in [0.2, 0.25) is 0 Å². The average molecular weight is 348 g/mol. The van der Waals surface area contributed by atoms with Gasteiger partial charge in [0.05, 0.1) is 0 Å². The van der Waals surface area contributed by atoms with Crippen LogP contribution >= 0.6 is 0 Å². The Morgan fingerprint density at radius 3 is 2.42 bits per heavy atom. The molecule has 4 rings (SSSR count). The van der Waals surface area contributed by atoms with Crippen LogP contribution in [0.3, 0.4) is 0 Å². The first-order valence-corrected chi connectivity index (χ1v) is 9.06. The first-order chi connectivity index (χ1) is 12.7. The highest BCUT2D eigenvalue weighted by Gasteiger charge is 2.19. The molecule has 0 amide bonds. The van der Waals surface area contributed by atoms with Crippen LogP contribution in [0.4, 0.5) is 5.82 Å². The lowest BCUT2D eigenvalue weighted by atomic mass is 10.1. The van der Waals surface area contributed by atoms with Crippen molar-refractivity contribution in [2.24, 2.45) is 0 Å². The van der Waals surface area contributed by atoms with Gasteiger partial charge in [0, 0.05) is 51.2 Å². The molecule has 3 aromatic rings. The van der Waals surface area contributed by atoms with E-state index in [-0.39, 0.29) is 0 Å². The number of benzene rings is 1. The highest BCUT2D eigenvalue weighted by atomic mass is 15.3. The number of aromatic nitrogens is 4. The Balaban J connectivity index is 1.44. The van der Waals surface area contributed by atoms with Crippen LogP contribution in [0.25, 0.3) is 5.82 Å². The number of piperazine rings is 1. The maximum Gasteiger partial charge on any atom is 0.159 e. The molecule has 1 fully saturated rings. The molecule has 2 aromatic heterocycles. The largest absolute Gasteiger partial charge is 0.354 e. The Morgan fingerprint density at radius 1 is 0.923 bits per heavy atom. The van der Waals surface area contributed by atoms with Gasteiger partial charge in [-0.15, -0.1) is 0 Å². The summed E-state index contributed by atoms with van der Waals surface area (Å²) in [6.45, 7) is 9.16. The van der Waals surface area contributed by atoms with Gasteiger partial charge < -0.3 is 4.90 Å². The standard InChI is InChI=1S/C20H24N6/c1-16-6-3-4-7-18(16)15-24-10-12-25(13-11-24)19-14-20(23-17(2)22-19)26-9-5-8-21-26/h3-9,14H,10-13,15H2,1-2H3. The summed E-state index contributed by atoms with van der Waals surface area (Å²) < 4.78 is 1.78. The zero-order chi connectivity index (χ0) is 17.9. The zero-order valence-corrected chi connectivity index (χ0v) is 15.3. The summed E-state index contributed by atoms with van der Waals surface area (Å²) in [7, 11) is 0. The van der Waals surface area contributed by atoms with Crippen molar-refractivity contribution in [1.82, 2.24) is 24.6 Å². The van der Waals surface area contributed by atoms with Crippen molar-refractivity contribution in [3.05, 3.63) is 65.7 Å². The molecule has 0 N–H and O–H groups in total. The molecule has 0 atom stereocenters. The fourth-order valence-electron chi connectivity index (χ4n) is 3.38. The van der Waals surface area contributed by atoms with Gasteiger partial charge in [0.25, 0.3) is 0 Å². The third kappa shape index (κ3) is 3.60. The molecule has 0 saturated carbocycles. The lowest BCUT2D eigenvalue weighted by molar-refractivity contribution is 0.249. The molecule has 26 heavy (non-hydrogen) atoms. The Labute approximate surface area is 154 Å². The molecule has 0 spiro atoms. The maximum absolute atomic E-state index is 4.65. The van der Waals surface area contributed by atoms with E-state index in [9.17, 15) is 0 Å². The lowest BCUT2D eigenvalue weighted by Gasteiger charge is -2.35. The number of nitrogens with zero attached hydrogens (tertiary/aromatic N) is 6. The fraction of sp³-hybridized carbons (Fsp3) is 0.350. The number of anilines is 1. The third-order valence-electron chi connectivity index (χ3n) is 4.90. The van der Waals surface area contributed by atoms with Gasteiger partial charge >= 0.3 is 0 Å². The molecular weight excluding hydrogens is 324 g/mol. The predicted molar refractivity (Wildman–Crippen MR) is 103 cm³/mol. The average Bonchev–Trinajstić information content (AvgIpc) is 3.19. The number of aryl methyl sites for hydroxylation is 2. The lowest BCUT2D eigenvalue weighted by Crippen LogP contribution is -2.46. The van der Waals surface area contributed by atoms with Gasteiger partial charge in [0.1, 0.15) is 11.6 Å². The summed E-state index contributed by atoms with van der Waals surface area (Å²) in [6.07, 6.45) is 3.67. The van der Waals surface area contributed by atoms with Gasteiger partial charge in [0.15, 0.2) is 5.82 Å². The summed E-state index contributed by atoms with van der Waals surface area (Å²) in [5.41, 5.74) is 2.78. The topological polar surface area (TPSA) is 50.1 Å². The summed E-state index contributed by atoms with van der Waals surface area (Å²) >= 11 is 0. The molecule has 1 aliphatic rings. The van der Waals surface area contributed by atoms with Crippen LogP contribution in [0, 0.1) is 13.8 Å². The minimum Gasteiger partial charge on any atom is -0.354 e. The Morgan fingerprint density at radius 2 is 1.69 bits per heavy atom. The van der Waals surface area contributed by atoms with Gasteiger partial charge in [-0.05, 0) is 31.0 Å². The maximum atomic E-state index is 4.65. The van der Waals surface area contributed by atoms with Crippen LogP contribution in [0.1, 0.15) is 17.0 Å². The molecule has 1 aliphatic heterocycles. The molecule has 6 nitrogen and oxygen atoms in total. The van der Waals surface area contributed by atoms with E-state index in [0.29, 0.717) is 0 Å². The van der Waals surface area contributed by atoms with E-state index in [4.69, 9.17) is 0 Å². The Hall–Kier alpha value is -2.73. The first-order valence-electron chi connectivity index (χ1n) is 9.06. The quantitative estimate of drug-likeness (QED) is 0.725.